The molecule has 0 aromatic carbocycles. The molecule has 0 amide bonds. The number of aliphatic hydroxyl groups excluding tert-OH is 1. The highest BCUT2D eigenvalue weighted by atomic mass is 31.2. The topological polar surface area (TPSA) is 157 Å². The van der Waals surface area contributed by atoms with Crippen molar-refractivity contribution < 1.29 is 24.2 Å². The number of hydrogen-bond donors (Lipinski definition) is 4. The molecule has 1 unspecified atom stereocenters. The van der Waals surface area contributed by atoms with E-state index in [1.165, 1.54) is 12.7 Å². The summed E-state index contributed by atoms with van der Waals surface area (Å²) < 4.78 is 17.8. The lowest BCUT2D eigenvalue weighted by Gasteiger charge is -2.19. The minimum absolute atomic E-state index is 0.158. The average molecular weight is 317 g/mol. The summed E-state index contributed by atoms with van der Waals surface area (Å²) in [4.78, 5) is 29.6. The van der Waals surface area contributed by atoms with E-state index in [1.54, 1.807) is 4.57 Å². The molecular formula is C10H16N5O5P. The Bertz CT molecular complexity index is 656. The van der Waals surface area contributed by atoms with Crippen molar-refractivity contribution in [2.45, 2.75) is 12.6 Å². The van der Waals surface area contributed by atoms with Gasteiger partial charge in [-0.3, -0.25) is 9.13 Å². The Hall–Kier alpha value is -1.58. The van der Waals surface area contributed by atoms with Crippen molar-refractivity contribution >= 4 is 24.6 Å². The second kappa shape index (κ2) is 6.46. The van der Waals surface area contributed by atoms with Crippen LogP contribution in [0.2, 0.25) is 0 Å². The normalized spacial score (nSPS) is 13.7. The number of rotatable bonds is 7. The van der Waals surface area contributed by atoms with Gasteiger partial charge in [0.1, 0.15) is 18.1 Å². The van der Waals surface area contributed by atoms with Crippen molar-refractivity contribution in [3.63, 3.8) is 0 Å². The monoisotopic (exact) mass is 317 g/mol. The maximum atomic E-state index is 10.8. The SMILES string of the molecule is Nc1ncnc2c1ncn2C(CCO)OCCP(=O)(O)O. The molecule has 0 saturated heterocycles. The van der Waals surface area contributed by atoms with Gasteiger partial charge in [0.15, 0.2) is 11.5 Å². The maximum Gasteiger partial charge on any atom is 0.327 e. The Kier molecular flexibility index (Phi) is 4.86. The first kappa shape index (κ1) is 15.8. The van der Waals surface area contributed by atoms with Crippen LogP contribution >= 0.6 is 7.60 Å². The molecule has 21 heavy (non-hydrogen) atoms. The molecular weight excluding hydrogens is 301 g/mol. The lowest BCUT2D eigenvalue weighted by atomic mass is 10.4. The predicted molar refractivity (Wildman–Crippen MR) is 73.3 cm³/mol. The molecule has 5 N–H and O–H groups in total. The molecule has 0 spiro atoms. The molecule has 2 rings (SSSR count). The van der Waals surface area contributed by atoms with Crippen LogP contribution in [-0.4, -0.2) is 53.8 Å². The molecule has 116 valence electrons. The van der Waals surface area contributed by atoms with Crippen LogP contribution in [0.3, 0.4) is 0 Å². The maximum absolute atomic E-state index is 10.8. The third-order valence-corrected chi connectivity index (χ3v) is 3.53. The second-order valence-corrected chi connectivity index (χ2v) is 6.09. The van der Waals surface area contributed by atoms with E-state index < -0.39 is 20.0 Å². The quantitative estimate of drug-likeness (QED) is 0.493. The number of nitrogen functional groups attached to an aromatic ring is 1. The number of nitrogens with two attached hydrogens (primary N) is 1. The van der Waals surface area contributed by atoms with Crippen molar-refractivity contribution in [2.24, 2.45) is 0 Å². The summed E-state index contributed by atoms with van der Waals surface area (Å²) in [6, 6.07) is 0. The molecule has 2 aromatic heterocycles. The number of imidazole rings is 1. The van der Waals surface area contributed by atoms with Gasteiger partial charge in [-0.2, -0.15) is 0 Å². The van der Waals surface area contributed by atoms with E-state index in [0.29, 0.717) is 11.2 Å². The summed E-state index contributed by atoms with van der Waals surface area (Å²) in [5, 5.41) is 9.10. The largest absolute Gasteiger partial charge is 0.396 e. The Labute approximate surface area is 119 Å². The van der Waals surface area contributed by atoms with Crippen LogP contribution in [0.25, 0.3) is 11.2 Å². The highest BCUT2D eigenvalue weighted by Gasteiger charge is 2.19. The molecule has 2 heterocycles. The predicted octanol–water partition coefficient (Wildman–Crippen LogP) is -0.516. The lowest BCUT2D eigenvalue weighted by Crippen LogP contribution is -2.16. The van der Waals surface area contributed by atoms with Gasteiger partial charge >= 0.3 is 7.60 Å². The number of anilines is 1. The molecule has 0 bridgehead atoms. The fourth-order valence-electron chi connectivity index (χ4n) is 1.80. The van der Waals surface area contributed by atoms with Gasteiger partial charge in [0.25, 0.3) is 0 Å². The van der Waals surface area contributed by atoms with Crippen LogP contribution in [-0.2, 0) is 9.30 Å². The Balaban J connectivity index is 2.20. The molecule has 0 saturated carbocycles. The van der Waals surface area contributed by atoms with E-state index in [-0.39, 0.29) is 25.5 Å². The molecule has 2 aromatic rings. The Morgan fingerprint density at radius 3 is 2.81 bits per heavy atom. The standard InChI is InChI=1S/C10H16N5O5P/c11-9-8-10(13-5-12-9)15(6-14-8)7(1-2-16)20-3-4-21(17,18)19/h5-7,16H,1-4H2,(H2,11,12,13)(H2,17,18,19). The minimum Gasteiger partial charge on any atom is -0.396 e. The van der Waals surface area contributed by atoms with E-state index in [1.807, 2.05) is 0 Å². The van der Waals surface area contributed by atoms with Gasteiger partial charge in [-0.25, -0.2) is 15.0 Å². The van der Waals surface area contributed by atoms with Crippen LogP contribution in [0.5, 0.6) is 0 Å². The van der Waals surface area contributed by atoms with Crippen molar-refractivity contribution in [2.75, 3.05) is 25.1 Å². The smallest absolute Gasteiger partial charge is 0.327 e. The summed E-state index contributed by atoms with van der Waals surface area (Å²) in [6.07, 6.45) is 1.88. The number of nitrogens with zero attached hydrogens (tertiary/aromatic N) is 4. The molecule has 0 radical (unpaired) electrons. The van der Waals surface area contributed by atoms with Gasteiger partial charge in [-0.1, -0.05) is 0 Å². The molecule has 0 fully saturated rings. The van der Waals surface area contributed by atoms with Gasteiger partial charge in [0, 0.05) is 13.0 Å². The first-order valence-electron chi connectivity index (χ1n) is 6.12. The fraction of sp³-hybridized carbons (Fsp3) is 0.500. The van der Waals surface area contributed by atoms with Gasteiger partial charge in [0.05, 0.1) is 19.1 Å². The van der Waals surface area contributed by atoms with Gasteiger partial charge < -0.3 is 25.4 Å². The molecule has 0 aliphatic rings. The lowest BCUT2D eigenvalue weighted by molar-refractivity contribution is -0.00406. The van der Waals surface area contributed by atoms with E-state index in [4.69, 9.17) is 25.4 Å². The van der Waals surface area contributed by atoms with E-state index in [2.05, 4.69) is 15.0 Å². The fourth-order valence-corrected chi connectivity index (χ4v) is 2.14. The minimum atomic E-state index is -4.13. The third kappa shape index (κ3) is 3.96. The Morgan fingerprint density at radius 1 is 1.38 bits per heavy atom. The summed E-state index contributed by atoms with van der Waals surface area (Å²) >= 11 is 0. The van der Waals surface area contributed by atoms with Crippen molar-refractivity contribution in [3.8, 4) is 0 Å². The summed E-state index contributed by atoms with van der Waals surface area (Å²) in [7, 11) is -4.13. The number of aromatic nitrogens is 4. The van der Waals surface area contributed by atoms with Crippen molar-refractivity contribution in [3.05, 3.63) is 12.7 Å². The van der Waals surface area contributed by atoms with Crippen LogP contribution in [0.1, 0.15) is 12.6 Å². The molecule has 10 nitrogen and oxygen atoms in total. The Morgan fingerprint density at radius 2 is 2.14 bits per heavy atom. The number of hydrogen-bond acceptors (Lipinski definition) is 7. The molecule has 1 atom stereocenters. The van der Waals surface area contributed by atoms with E-state index in [9.17, 15) is 4.57 Å². The van der Waals surface area contributed by atoms with Crippen molar-refractivity contribution in [1.29, 1.82) is 0 Å². The third-order valence-electron chi connectivity index (χ3n) is 2.77. The first-order valence-corrected chi connectivity index (χ1v) is 7.92. The van der Waals surface area contributed by atoms with Crippen LogP contribution in [0.15, 0.2) is 12.7 Å². The van der Waals surface area contributed by atoms with Crippen LogP contribution < -0.4 is 5.73 Å². The second-order valence-electron chi connectivity index (χ2n) is 4.31. The molecule has 11 heteroatoms. The highest BCUT2D eigenvalue weighted by Crippen LogP contribution is 2.34. The zero-order valence-electron chi connectivity index (χ0n) is 11.0. The number of fused-ring (bicyclic) bond motifs is 1. The zero-order chi connectivity index (χ0) is 15.5. The number of aliphatic hydroxyl groups is 1. The highest BCUT2D eigenvalue weighted by molar-refractivity contribution is 7.51. The van der Waals surface area contributed by atoms with Crippen molar-refractivity contribution in [1.82, 2.24) is 19.5 Å². The summed E-state index contributed by atoms with van der Waals surface area (Å²) in [5.74, 6) is 0.219. The van der Waals surface area contributed by atoms with Gasteiger partial charge in [0.2, 0.25) is 0 Å². The summed E-state index contributed by atoms with van der Waals surface area (Å²) in [5.41, 5.74) is 6.51. The number of ether oxygens (including phenoxy) is 1. The van der Waals surface area contributed by atoms with Gasteiger partial charge in [-0.05, 0) is 0 Å². The average Bonchev–Trinajstić information content (AvgIpc) is 2.81. The van der Waals surface area contributed by atoms with E-state index >= 15 is 0 Å². The molecule has 0 aliphatic carbocycles. The van der Waals surface area contributed by atoms with Crippen LogP contribution in [0.4, 0.5) is 5.82 Å². The van der Waals surface area contributed by atoms with Gasteiger partial charge in [-0.15, -0.1) is 0 Å². The van der Waals surface area contributed by atoms with E-state index in [0.717, 1.165) is 0 Å². The van der Waals surface area contributed by atoms with Crippen LogP contribution in [0, 0.1) is 0 Å². The summed E-state index contributed by atoms with van der Waals surface area (Å²) in [6.45, 7) is -0.323. The first-order chi connectivity index (χ1) is 9.92. The zero-order valence-corrected chi connectivity index (χ0v) is 11.9. The molecule has 0 aliphatic heterocycles.